The van der Waals surface area contributed by atoms with Crippen molar-refractivity contribution >= 4 is 23.8 Å². The Morgan fingerprint density at radius 2 is 1.11 bits per heavy atom. The maximum atomic E-state index is 9.24. The molecule has 4 rings (SSSR count). The van der Waals surface area contributed by atoms with E-state index in [-0.39, 0.29) is 40.0 Å². The molecule has 0 bridgehead atoms. The minimum atomic E-state index is -0.877. The molecule has 2 unspecified atom stereocenters. The zero-order valence-corrected chi connectivity index (χ0v) is 24.7. The van der Waals surface area contributed by atoms with Gasteiger partial charge in [0, 0.05) is 6.10 Å². The average molecular weight is 607 g/mol. The molecule has 37 heavy (non-hydrogen) atoms. The number of rotatable bonds is 9. The quantitative estimate of drug-likeness (QED) is 0.137. The van der Waals surface area contributed by atoms with Gasteiger partial charge in [0.2, 0.25) is 0 Å². The van der Waals surface area contributed by atoms with Gasteiger partial charge in [-0.2, -0.15) is 0 Å². The predicted molar refractivity (Wildman–Crippen MR) is 159 cm³/mol. The summed E-state index contributed by atoms with van der Waals surface area (Å²) < 4.78 is 5.25. The van der Waals surface area contributed by atoms with Gasteiger partial charge in [-0.1, -0.05) is 79.7 Å². The maximum absolute atomic E-state index is 9.24. The van der Waals surface area contributed by atoms with Crippen LogP contribution in [0.4, 0.5) is 0 Å². The van der Waals surface area contributed by atoms with E-state index in [1.54, 1.807) is 14.0 Å². The normalized spacial score (nSPS) is 11.7. The summed E-state index contributed by atoms with van der Waals surface area (Å²) >= 11 is 0. The first-order valence-electron chi connectivity index (χ1n) is 12.1. The fourth-order valence-electron chi connectivity index (χ4n) is 3.97. The molecule has 3 nitrogen and oxygen atoms in total. The van der Waals surface area contributed by atoms with E-state index < -0.39 is 7.92 Å². The molecule has 0 aliphatic rings. The van der Waals surface area contributed by atoms with Crippen molar-refractivity contribution in [3.63, 3.8) is 0 Å². The van der Waals surface area contributed by atoms with Gasteiger partial charge < -0.3 is 22.6 Å². The van der Waals surface area contributed by atoms with Gasteiger partial charge in [-0.3, -0.25) is 0 Å². The van der Waals surface area contributed by atoms with Crippen LogP contribution in [0.5, 0.6) is 5.75 Å². The van der Waals surface area contributed by atoms with Crippen LogP contribution in [0.15, 0.2) is 115 Å². The van der Waals surface area contributed by atoms with E-state index in [0.717, 1.165) is 11.3 Å². The van der Waals surface area contributed by atoms with E-state index in [0.29, 0.717) is 13.0 Å². The zero-order chi connectivity index (χ0) is 24.9. The van der Waals surface area contributed by atoms with E-state index >= 15 is 0 Å². The molecular formula is C32H39NO2PPd+. The number of ether oxygens (including phenoxy) is 1. The van der Waals surface area contributed by atoms with Gasteiger partial charge in [0.05, 0.1) is 15.0 Å². The number of nitrogens with zero attached hydrogens (tertiary/aromatic N) is 1. The van der Waals surface area contributed by atoms with Crippen LogP contribution in [0.3, 0.4) is 0 Å². The molecule has 5 heteroatoms. The SMILES string of the molecule is COc1ccccc1C[N-]C(C)CC(C)O.[CH3-].[Pd+2].c1ccc([PH+](c2ccccc2)c2ccccc2)cc1. The zero-order valence-electron chi connectivity index (χ0n) is 22.2. The van der Waals surface area contributed by atoms with Crippen LogP contribution in [0.2, 0.25) is 0 Å². The molecule has 0 saturated carbocycles. The molecule has 0 heterocycles. The third-order valence-corrected chi connectivity index (χ3v) is 8.37. The van der Waals surface area contributed by atoms with Crippen LogP contribution in [0, 0.1) is 7.43 Å². The Kier molecular flexibility index (Phi) is 15.9. The van der Waals surface area contributed by atoms with Crippen LogP contribution >= 0.6 is 7.92 Å². The molecule has 0 fully saturated rings. The number of methoxy groups -OCH3 is 1. The number of aliphatic hydroxyl groups excluding tert-OH is 1. The van der Waals surface area contributed by atoms with E-state index in [4.69, 9.17) is 4.74 Å². The second-order valence-corrected chi connectivity index (χ2v) is 11.0. The Hall–Kier alpha value is -2.31. The van der Waals surface area contributed by atoms with Crippen molar-refractivity contribution in [3.8, 4) is 5.75 Å². The Bertz CT molecular complexity index is 1020. The molecule has 2 atom stereocenters. The molecule has 4 aromatic carbocycles. The second kappa shape index (κ2) is 18.0. The first-order valence-corrected chi connectivity index (χ1v) is 13.6. The number of benzene rings is 4. The van der Waals surface area contributed by atoms with Gasteiger partial charge in [0.1, 0.15) is 21.7 Å². The summed E-state index contributed by atoms with van der Waals surface area (Å²) in [5.41, 5.74) is 1.09. The summed E-state index contributed by atoms with van der Waals surface area (Å²) in [5, 5.41) is 18.0. The minimum Gasteiger partial charge on any atom is -0.656 e. The Morgan fingerprint density at radius 3 is 1.51 bits per heavy atom. The Balaban J connectivity index is 0.000000357. The van der Waals surface area contributed by atoms with Crippen molar-refractivity contribution in [1.29, 1.82) is 0 Å². The summed E-state index contributed by atoms with van der Waals surface area (Å²) in [4.78, 5) is 0. The van der Waals surface area contributed by atoms with Gasteiger partial charge in [-0.05, 0) is 61.4 Å². The monoisotopic (exact) mass is 606 g/mol. The summed E-state index contributed by atoms with van der Waals surface area (Å²) in [7, 11) is 0.787. The van der Waals surface area contributed by atoms with Crippen molar-refractivity contribution < 1.29 is 30.3 Å². The Labute approximate surface area is 238 Å². The minimum absolute atomic E-state index is 0. The summed E-state index contributed by atoms with van der Waals surface area (Å²) in [6, 6.07) is 40.5. The van der Waals surface area contributed by atoms with Gasteiger partial charge in [-0.15, -0.1) is 12.6 Å². The maximum Gasteiger partial charge on any atom is 2.00 e. The van der Waals surface area contributed by atoms with Gasteiger partial charge >= 0.3 is 20.4 Å². The molecule has 198 valence electrons. The van der Waals surface area contributed by atoms with Crippen molar-refractivity contribution in [3.05, 3.63) is 134 Å². The first-order chi connectivity index (χ1) is 17.1. The summed E-state index contributed by atoms with van der Waals surface area (Å²) in [5.74, 6) is 0.871. The molecule has 0 aliphatic carbocycles. The smallest absolute Gasteiger partial charge is 0.656 e. The van der Waals surface area contributed by atoms with E-state index in [1.165, 1.54) is 15.9 Å². The summed E-state index contributed by atoms with van der Waals surface area (Å²) in [6.45, 7) is 4.44. The van der Waals surface area contributed by atoms with E-state index in [1.807, 2.05) is 31.2 Å². The Morgan fingerprint density at radius 1 is 0.703 bits per heavy atom. The van der Waals surface area contributed by atoms with E-state index in [9.17, 15) is 5.11 Å². The van der Waals surface area contributed by atoms with Crippen molar-refractivity contribution in [2.75, 3.05) is 7.11 Å². The largest absolute Gasteiger partial charge is 2.00 e. The molecule has 0 spiro atoms. The van der Waals surface area contributed by atoms with Crippen molar-refractivity contribution in [2.45, 2.75) is 39.0 Å². The number of hydrogen-bond acceptors (Lipinski definition) is 2. The van der Waals surface area contributed by atoms with Crippen LogP contribution in [0.25, 0.3) is 5.32 Å². The van der Waals surface area contributed by atoms with Gasteiger partial charge in [0.15, 0.2) is 0 Å². The standard InChI is InChI=1S/C18H15P.C13H20NO2.CH3.Pd/c1-4-10-16(11-5-1)19(17-12-6-2-7-13-17)18-14-8-3-9-15-18;1-10(8-11(2)15)14-9-12-6-4-5-7-13(12)16-3;;/h1-15H;4-7,10-11,15H,8-9H2,1-3H3;1H3;/q;2*-1;+2/p+1. The molecule has 1 N–H and O–H groups in total. The van der Waals surface area contributed by atoms with E-state index in [2.05, 4.69) is 96.3 Å². The fraction of sp³-hybridized carbons (Fsp3) is 0.219. The molecular weight excluding hydrogens is 568 g/mol. The topological polar surface area (TPSA) is 43.6 Å². The first kappa shape index (κ1) is 32.7. The predicted octanol–water partition coefficient (Wildman–Crippen LogP) is 6.35. The second-order valence-electron chi connectivity index (χ2n) is 8.56. The van der Waals surface area contributed by atoms with Crippen molar-refractivity contribution in [2.24, 2.45) is 0 Å². The third kappa shape index (κ3) is 10.9. The molecule has 0 aromatic heterocycles. The molecule has 0 amide bonds. The van der Waals surface area contributed by atoms with Crippen LogP contribution in [-0.4, -0.2) is 24.4 Å². The van der Waals surface area contributed by atoms with Crippen molar-refractivity contribution in [1.82, 2.24) is 0 Å². The molecule has 0 saturated heterocycles. The van der Waals surface area contributed by atoms with Crippen LogP contribution < -0.4 is 20.7 Å². The summed E-state index contributed by atoms with van der Waals surface area (Å²) in [6.07, 6.45) is 0.409. The average Bonchev–Trinajstić information content (AvgIpc) is 2.90. The van der Waals surface area contributed by atoms with Crippen LogP contribution in [-0.2, 0) is 27.0 Å². The van der Waals surface area contributed by atoms with Crippen LogP contribution in [0.1, 0.15) is 25.8 Å². The number of hydrogen-bond donors (Lipinski definition) is 1. The molecule has 0 radical (unpaired) electrons. The molecule has 0 aliphatic heterocycles. The van der Waals surface area contributed by atoms with Gasteiger partial charge in [0.25, 0.3) is 0 Å². The van der Waals surface area contributed by atoms with Gasteiger partial charge in [-0.25, -0.2) is 0 Å². The third-order valence-electron chi connectivity index (χ3n) is 5.64. The number of aliphatic hydroxyl groups is 1. The molecule has 4 aromatic rings. The fourth-order valence-corrected chi connectivity index (χ4v) is 6.55. The number of para-hydroxylation sites is 1.